The molecule has 2 saturated heterocycles. The van der Waals surface area contributed by atoms with Crippen LogP contribution in [0.25, 0.3) is 0 Å². The minimum absolute atomic E-state index is 0.0193. The smallest absolute Gasteiger partial charge is 0.168 e. The first-order valence-corrected chi connectivity index (χ1v) is 19.8. The van der Waals surface area contributed by atoms with Gasteiger partial charge in [0, 0.05) is 5.57 Å². The number of benzene rings is 6. The molecule has 2 fully saturated rings. The molecule has 6 bridgehead atoms. The van der Waals surface area contributed by atoms with E-state index >= 15 is 9.59 Å². The highest BCUT2D eigenvalue weighted by molar-refractivity contribution is 9.10. The molecule has 55 heavy (non-hydrogen) atoms. The van der Waals surface area contributed by atoms with E-state index in [2.05, 4.69) is 88.7 Å². The summed E-state index contributed by atoms with van der Waals surface area (Å²) in [5, 5.41) is 0. The molecule has 5 heteroatoms. The van der Waals surface area contributed by atoms with Crippen molar-refractivity contribution in [3.05, 3.63) is 238 Å². The maximum absolute atomic E-state index is 16.3. The van der Waals surface area contributed by atoms with Crippen molar-refractivity contribution >= 4 is 27.5 Å². The summed E-state index contributed by atoms with van der Waals surface area (Å²) in [5.41, 5.74) is 4.02. The molecule has 0 saturated carbocycles. The Hall–Kier alpha value is -5.46. The molecule has 0 unspecified atom stereocenters. The van der Waals surface area contributed by atoms with E-state index in [1.54, 1.807) is 0 Å². The molecule has 8 atom stereocenters. The van der Waals surface area contributed by atoms with E-state index in [1.165, 1.54) is 0 Å². The zero-order valence-electron chi connectivity index (χ0n) is 29.6. The first kappa shape index (κ1) is 31.8. The number of ketones is 2. The highest BCUT2D eigenvalue weighted by Gasteiger charge is 2.84. The first-order chi connectivity index (χ1) is 27.0. The molecule has 6 aromatic rings. The van der Waals surface area contributed by atoms with Crippen LogP contribution in [-0.4, -0.2) is 15.9 Å². The standard InChI is InChI=1S/C50H33BrO4/c51-49-39-29-30-40-43(52)42(47(32-19-7-2-8-20-32)36-26-14-13-25-35(36)46(40,54-47)31-17-5-1-6-18-31)41(39)44(53)45(49)48(33-21-9-3-10-22-33)37-27-15-16-28-38(37)50(49,55-48)34-23-11-4-12-24-34/h1-30,40,42,45H/t40-,42+,45-,46+,47-,48+,49+,50-/m1/s1. The number of carbonyl (C=O) groups is 2. The predicted octanol–water partition coefficient (Wildman–Crippen LogP) is 9.45. The first-order valence-electron chi connectivity index (χ1n) is 19.0. The summed E-state index contributed by atoms with van der Waals surface area (Å²) in [6.45, 7) is 0. The van der Waals surface area contributed by atoms with Crippen molar-refractivity contribution in [2.75, 3.05) is 0 Å². The number of hydrogen-bond acceptors (Lipinski definition) is 4. The van der Waals surface area contributed by atoms with Gasteiger partial charge in [-0.3, -0.25) is 9.59 Å². The average Bonchev–Trinajstić information content (AvgIpc) is 3.85. The fraction of sp³-hybridized carbons (Fsp3) is 0.160. The quantitative estimate of drug-likeness (QED) is 0.168. The SMILES string of the molecule is O=C1[C@@H]2C3=C(C=C[C@H]1[C@@]1(c4ccccc4)O[C@]2(c2ccccc2)c2ccccc21)[C@]1(Br)[C@H](C3=O)[C@@]2(c3ccccc3)O[C@]1(c1ccccc1)c1ccccc12. The van der Waals surface area contributed by atoms with Gasteiger partial charge in [-0.2, -0.15) is 0 Å². The molecule has 4 nitrogen and oxygen atoms in total. The minimum atomic E-state index is -1.29. The normalized spacial score (nSPS) is 34.2. The molecule has 264 valence electrons. The largest absolute Gasteiger partial charge is 0.347 e. The summed E-state index contributed by atoms with van der Waals surface area (Å²) in [6.07, 6.45) is 4.11. The Morgan fingerprint density at radius 3 is 1.47 bits per heavy atom. The van der Waals surface area contributed by atoms with Gasteiger partial charge in [0.05, 0.1) is 17.8 Å². The van der Waals surface area contributed by atoms with Crippen LogP contribution in [0, 0.1) is 17.8 Å². The van der Waals surface area contributed by atoms with E-state index in [4.69, 9.17) is 9.47 Å². The fourth-order valence-electron chi connectivity index (χ4n) is 11.7. The van der Waals surface area contributed by atoms with Gasteiger partial charge < -0.3 is 9.47 Å². The molecular formula is C50H33BrO4. The van der Waals surface area contributed by atoms with Crippen LogP contribution in [0.3, 0.4) is 0 Å². The number of ether oxygens (including phenoxy) is 2. The highest BCUT2D eigenvalue weighted by atomic mass is 79.9. The van der Waals surface area contributed by atoms with E-state index in [0.29, 0.717) is 5.57 Å². The molecule has 0 spiro atoms. The topological polar surface area (TPSA) is 52.6 Å². The summed E-state index contributed by atoms with van der Waals surface area (Å²) >= 11 is 4.47. The molecule has 2 aliphatic carbocycles. The summed E-state index contributed by atoms with van der Waals surface area (Å²) < 4.78 is 14.4. The minimum Gasteiger partial charge on any atom is -0.347 e. The van der Waals surface area contributed by atoms with Gasteiger partial charge in [0.2, 0.25) is 0 Å². The number of rotatable bonds is 4. The zero-order valence-corrected chi connectivity index (χ0v) is 31.1. The number of halogens is 1. The lowest BCUT2D eigenvalue weighted by atomic mass is 9.59. The number of allylic oxidation sites excluding steroid dienone is 1. The van der Waals surface area contributed by atoms with Crippen LogP contribution in [0.2, 0.25) is 0 Å². The third-order valence-electron chi connectivity index (χ3n) is 13.6. The van der Waals surface area contributed by atoms with E-state index in [9.17, 15) is 0 Å². The fourth-order valence-corrected chi connectivity index (χ4v) is 13.1. The van der Waals surface area contributed by atoms with E-state index in [-0.39, 0.29) is 11.6 Å². The summed E-state index contributed by atoms with van der Waals surface area (Å²) in [7, 11) is 0. The van der Waals surface area contributed by atoms with Crippen molar-refractivity contribution in [2.24, 2.45) is 17.8 Å². The number of Topliss-reactive ketones (excluding diaryl/α,β-unsaturated/α-hetero) is 2. The van der Waals surface area contributed by atoms with Crippen molar-refractivity contribution in [2.45, 2.75) is 26.7 Å². The number of carbonyl (C=O) groups excluding carboxylic acids is 2. The van der Waals surface area contributed by atoms with Crippen LogP contribution in [-0.2, 0) is 41.5 Å². The van der Waals surface area contributed by atoms with Gasteiger partial charge in [-0.1, -0.05) is 198 Å². The second-order valence-corrected chi connectivity index (χ2v) is 16.9. The lowest BCUT2D eigenvalue weighted by Crippen LogP contribution is -2.56. The van der Waals surface area contributed by atoms with E-state index in [1.807, 2.05) is 109 Å². The molecule has 12 rings (SSSR count). The monoisotopic (exact) mass is 776 g/mol. The molecule has 0 aromatic heterocycles. The highest BCUT2D eigenvalue weighted by Crippen LogP contribution is 2.79. The van der Waals surface area contributed by atoms with Crippen LogP contribution < -0.4 is 0 Å². The Bertz CT molecular complexity index is 2690. The van der Waals surface area contributed by atoms with Crippen LogP contribution in [0.1, 0.15) is 44.5 Å². The van der Waals surface area contributed by atoms with Crippen molar-refractivity contribution in [1.29, 1.82) is 0 Å². The second-order valence-electron chi connectivity index (χ2n) is 15.7. The zero-order chi connectivity index (χ0) is 36.8. The van der Waals surface area contributed by atoms with Gasteiger partial charge in [0.25, 0.3) is 0 Å². The Morgan fingerprint density at radius 1 is 0.473 bits per heavy atom. The van der Waals surface area contributed by atoms with Gasteiger partial charge in [0.1, 0.15) is 26.7 Å². The predicted molar refractivity (Wildman–Crippen MR) is 212 cm³/mol. The molecule has 4 aliphatic heterocycles. The molecule has 6 aliphatic rings. The molecule has 0 amide bonds. The Balaban J connectivity index is 1.22. The number of hydrogen-bond donors (Lipinski definition) is 0. The third-order valence-corrected chi connectivity index (χ3v) is 15.0. The molecule has 0 N–H and O–H groups in total. The average molecular weight is 778 g/mol. The van der Waals surface area contributed by atoms with Gasteiger partial charge >= 0.3 is 0 Å². The van der Waals surface area contributed by atoms with Gasteiger partial charge in [-0.05, 0) is 50.1 Å². The van der Waals surface area contributed by atoms with Crippen LogP contribution >= 0.6 is 15.9 Å². The van der Waals surface area contributed by atoms with Gasteiger partial charge in [0.15, 0.2) is 11.6 Å². The van der Waals surface area contributed by atoms with Crippen molar-refractivity contribution in [3.8, 4) is 0 Å². The Kier molecular flexibility index (Phi) is 6.16. The maximum Gasteiger partial charge on any atom is 0.168 e. The Morgan fingerprint density at radius 2 is 0.909 bits per heavy atom. The van der Waals surface area contributed by atoms with Crippen molar-refractivity contribution in [3.63, 3.8) is 0 Å². The van der Waals surface area contributed by atoms with Crippen LogP contribution in [0.15, 0.2) is 193 Å². The summed E-state index contributed by atoms with van der Waals surface area (Å²) in [6, 6.07) is 57.3. The lowest BCUT2D eigenvalue weighted by Gasteiger charge is -2.49. The van der Waals surface area contributed by atoms with E-state index in [0.717, 1.165) is 50.1 Å². The van der Waals surface area contributed by atoms with Gasteiger partial charge in [-0.15, -0.1) is 0 Å². The number of fused-ring (bicyclic) bond motifs is 19. The lowest BCUT2D eigenvalue weighted by molar-refractivity contribution is -0.186. The second kappa shape index (κ2) is 10.6. The van der Waals surface area contributed by atoms with Crippen LogP contribution in [0.5, 0.6) is 0 Å². The third kappa shape index (κ3) is 3.37. The number of alkyl halides is 1. The van der Waals surface area contributed by atoms with Crippen molar-refractivity contribution < 1.29 is 19.1 Å². The summed E-state index contributed by atoms with van der Waals surface area (Å²) in [4.78, 5) is 32.2. The van der Waals surface area contributed by atoms with Gasteiger partial charge in [-0.25, -0.2) is 0 Å². The maximum atomic E-state index is 16.3. The van der Waals surface area contributed by atoms with Crippen molar-refractivity contribution in [1.82, 2.24) is 0 Å². The van der Waals surface area contributed by atoms with Crippen LogP contribution in [0.4, 0.5) is 0 Å². The summed E-state index contributed by atoms with van der Waals surface area (Å²) in [5.74, 6) is -2.52. The molecule has 4 heterocycles. The van der Waals surface area contributed by atoms with E-state index < -0.39 is 44.5 Å². The molecule has 6 aromatic carbocycles. The molecule has 0 radical (unpaired) electrons. The Labute approximate surface area is 327 Å². The molecular weight excluding hydrogens is 744 g/mol.